The van der Waals surface area contributed by atoms with Gasteiger partial charge in [0.05, 0.1) is 36.2 Å². The van der Waals surface area contributed by atoms with Crippen molar-refractivity contribution in [1.82, 2.24) is 4.90 Å². The summed E-state index contributed by atoms with van der Waals surface area (Å²) in [4.78, 5) is 17.7. The second kappa shape index (κ2) is 9.15. The first-order valence-corrected chi connectivity index (χ1v) is 10.2. The summed E-state index contributed by atoms with van der Waals surface area (Å²) in [6.45, 7) is 4.43. The van der Waals surface area contributed by atoms with Crippen LogP contribution in [0, 0.1) is 0 Å². The normalized spacial score (nSPS) is 16.1. The van der Waals surface area contributed by atoms with Crippen molar-refractivity contribution in [3.05, 3.63) is 46.2 Å². The number of carbonyl (C=O) groups is 1. The van der Waals surface area contributed by atoms with Gasteiger partial charge in [-0.2, -0.15) is 13.2 Å². The van der Waals surface area contributed by atoms with E-state index in [0.29, 0.717) is 38.5 Å². The number of rotatable bonds is 6. The van der Waals surface area contributed by atoms with Crippen LogP contribution in [0.3, 0.4) is 0 Å². The fraction of sp³-hybridized carbons (Fsp3) is 0.450. The minimum atomic E-state index is -4.48. The minimum absolute atomic E-state index is 0.170. The molecule has 0 aliphatic carbocycles. The molecule has 1 aliphatic rings. The molecular weight excluding hydrogens is 403 g/mol. The number of nitrogens with one attached hydrogen (secondary N) is 1. The van der Waals surface area contributed by atoms with Gasteiger partial charge in [-0.3, -0.25) is 9.69 Å². The number of thiophene rings is 1. The lowest BCUT2D eigenvalue weighted by Gasteiger charge is -2.31. The molecule has 1 N–H and O–H groups in total. The summed E-state index contributed by atoms with van der Waals surface area (Å²) in [5, 5.41) is 4.68. The largest absolute Gasteiger partial charge is 0.416 e. The topological polar surface area (TPSA) is 44.8 Å². The fourth-order valence-corrected chi connectivity index (χ4v) is 3.88. The van der Waals surface area contributed by atoms with E-state index in [-0.39, 0.29) is 11.6 Å². The number of hydrogen-bond donors (Lipinski definition) is 1. The van der Waals surface area contributed by atoms with Crippen molar-refractivity contribution in [2.24, 2.45) is 0 Å². The third-order valence-electron chi connectivity index (χ3n) is 4.96. The molecule has 0 saturated carbocycles. The maximum absolute atomic E-state index is 13.2. The third kappa shape index (κ3) is 5.49. The van der Waals surface area contributed by atoms with E-state index in [9.17, 15) is 18.0 Å². The lowest BCUT2D eigenvalue weighted by atomic mass is 10.1. The van der Waals surface area contributed by atoms with E-state index < -0.39 is 17.8 Å². The minimum Gasteiger partial charge on any atom is -0.378 e. The highest BCUT2D eigenvalue weighted by molar-refractivity contribution is 7.09. The van der Waals surface area contributed by atoms with Crippen LogP contribution in [0.1, 0.15) is 17.4 Å². The van der Waals surface area contributed by atoms with Crippen LogP contribution in [0.5, 0.6) is 0 Å². The zero-order valence-electron chi connectivity index (χ0n) is 16.3. The van der Waals surface area contributed by atoms with Gasteiger partial charge in [-0.1, -0.05) is 6.07 Å². The summed E-state index contributed by atoms with van der Waals surface area (Å²) in [5.74, 6) is -0.349. The quantitative estimate of drug-likeness (QED) is 0.755. The van der Waals surface area contributed by atoms with Crippen molar-refractivity contribution in [1.29, 1.82) is 0 Å². The van der Waals surface area contributed by atoms with E-state index in [2.05, 4.69) is 5.32 Å². The van der Waals surface area contributed by atoms with Crippen molar-refractivity contribution in [3.8, 4) is 0 Å². The summed E-state index contributed by atoms with van der Waals surface area (Å²) in [6, 6.07) is 6.89. The smallest absolute Gasteiger partial charge is 0.378 e. The second-order valence-electron chi connectivity index (χ2n) is 6.99. The van der Waals surface area contributed by atoms with E-state index in [1.165, 1.54) is 6.07 Å². The number of halogens is 3. The van der Waals surface area contributed by atoms with E-state index >= 15 is 0 Å². The number of benzene rings is 1. The van der Waals surface area contributed by atoms with Gasteiger partial charge in [-0.15, -0.1) is 11.3 Å². The second-order valence-corrected chi connectivity index (χ2v) is 8.02. The number of ether oxygens (including phenoxy) is 1. The molecule has 2 aromatic rings. The molecule has 1 fully saturated rings. The zero-order chi connectivity index (χ0) is 21.0. The van der Waals surface area contributed by atoms with Crippen LogP contribution in [0.2, 0.25) is 0 Å². The standard InChI is InChI=1S/C20H24F3N3O2S/c1-14(25(2)13-16-4-3-11-29-16)19(27)24-17-12-15(20(21,22)23)5-6-18(17)26-7-9-28-10-8-26/h3-6,11-12,14H,7-10,13H2,1-2H3,(H,24,27)/t14-/m0/s1. The Morgan fingerprint density at radius 3 is 2.66 bits per heavy atom. The molecule has 1 aliphatic heterocycles. The lowest BCUT2D eigenvalue weighted by Crippen LogP contribution is -2.40. The average Bonchev–Trinajstić information content (AvgIpc) is 3.20. The molecule has 9 heteroatoms. The van der Waals surface area contributed by atoms with Crippen LogP contribution < -0.4 is 10.2 Å². The van der Waals surface area contributed by atoms with Gasteiger partial charge in [-0.05, 0) is 43.6 Å². The summed E-state index contributed by atoms with van der Waals surface area (Å²) in [6.07, 6.45) is -4.48. The first-order valence-electron chi connectivity index (χ1n) is 9.33. The molecule has 0 unspecified atom stereocenters. The van der Waals surface area contributed by atoms with Gasteiger partial charge in [0.25, 0.3) is 0 Å². The molecule has 0 bridgehead atoms. The lowest BCUT2D eigenvalue weighted by molar-refractivity contribution is -0.137. The van der Waals surface area contributed by atoms with Gasteiger partial charge in [0.1, 0.15) is 0 Å². The molecule has 1 saturated heterocycles. The molecule has 1 aromatic carbocycles. The van der Waals surface area contributed by atoms with Gasteiger partial charge >= 0.3 is 6.18 Å². The third-order valence-corrected chi connectivity index (χ3v) is 5.82. The Balaban J connectivity index is 1.80. The maximum Gasteiger partial charge on any atom is 0.416 e. The van der Waals surface area contributed by atoms with E-state index in [1.54, 1.807) is 18.3 Å². The number of likely N-dealkylation sites (N-methyl/N-ethyl adjacent to an activating group) is 1. The number of anilines is 2. The van der Waals surface area contributed by atoms with Gasteiger partial charge in [0.2, 0.25) is 5.91 Å². The van der Waals surface area contributed by atoms with Crippen LogP contribution in [0.4, 0.5) is 24.5 Å². The highest BCUT2D eigenvalue weighted by Crippen LogP contribution is 2.36. The number of amides is 1. The van der Waals surface area contributed by atoms with Gasteiger partial charge in [-0.25, -0.2) is 0 Å². The molecule has 0 spiro atoms. The summed E-state index contributed by atoms with van der Waals surface area (Å²) in [7, 11) is 1.82. The number of carbonyl (C=O) groups excluding carboxylic acids is 1. The van der Waals surface area contributed by atoms with Crippen molar-refractivity contribution in [3.63, 3.8) is 0 Å². The molecule has 3 rings (SSSR count). The summed E-state index contributed by atoms with van der Waals surface area (Å²) < 4.78 is 45.0. The van der Waals surface area contributed by atoms with E-state index in [1.807, 2.05) is 34.4 Å². The Morgan fingerprint density at radius 2 is 2.03 bits per heavy atom. The molecular formula is C20H24F3N3O2S. The predicted octanol–water partition coefficient (Wildman–Crippen LogP) is 4.06. The molecule has 1 aromatic heterocycles. The van der Waals surface area contributed by atoms with Crippen LogP contribution in [0.15, 0.2) is 35.7 Å². The molecule has 0 radical (unpaired) electrons. The average molecular weight is 427 g/mol. The van der Waals surface area contributed by atoms with E-state index in [4.69, 9.17) is 4.74 Å². The highest BCUT2D eigenvalue weighted by atomic mass is 32.1. The molecule has 29 heavy (non-hydrogen) atoms. The number of alkyl halides is 3. The predicted molar refractivity (Wildman–Crippen MR) is 108 cm³/mol. The van der Waals surface area contributed by atoms with Crippen molar-refractivity contribution in [2.45, 2.75) is 25.7 Å². The highest BCUT2D eigenvalue weighted by Gasteiger charge is 2.32. The van der Waals surface area contributed by atoms with Crippen LogP contribution in [0.25, 0.3) is 0 Å². The Hall–Kier alpha value is -2.10. The monoisotopic (exact) mass is 427 g/mol. The molecule has 1 amide bonds. The maximum atomic E-state index is 13.2. The Bertz CT molecular complexity index is 821. The molecule has 1 atom stereocenters. The van der Waals surface area contributed by atoms with Crippen molar-refractivity contribution >= 4 is 28.6 Å². The van der Waals surface area contributed by atoms with Crippen LogP contribution >= 0.6 is 11.3 Å². The first-order chi connectivity index (χ1) is 13.8. The van der Waals surface area contributed by atoms with Crippen molar-refractivity contribution in [2.75, 3.05) is 43.6 Å². The number of nitrogens with zero attached hydrogens (tertiary/aromatic N) is 2. The van der Waals surface area contributed by atoms with Gasteiger partial charge in [0.15, 0.2) is 0 Å². The van der Waals surface area contributed by atoms with Crippen LogP contribution in [-0.4, -0.2) is 50.2 Å². The Labute approximate surface area is 172 Å². The van der Waals surface area contributed by atoms with Crippen molar-refractivity contribution < 1.29 is 22.7 Å². The Kier molecular flexibility index (Phi) is 6.81. The van der Waals surface area contributed by atoms with Gasteiger partial charge < -0.3 is 15.0 Å². The summed E-state index contributed by atoms with van der Waals surface area (Å²) >= 11 is 1.59. The van der Waals surface area contributed by atoms with Crippen LogP contribution in [-0.2, 0) is 22.3 Å². The fourth-order valence-electron chi connectivity index (χ4n) is 3.12. The molecule has 2 heterocycles. The first kappa shape index (κ1) is 21.6. The molecule has 158 valence electrons. The van der Waals surface area contributed by atoms with Gasteiger partial charge in [0, 0.05) is 24.5 Å². The SMILES string of the molecule is C[C@@H](C(=O)Nc1cc(C(F)(F)F)ccc1N1CCOCC1)N(C)Cc1cccs1. The number of morpholine rings is 1. The van der Waals surface area contributed by atoms with E-state index in [0.717, 1.165) is 17.0 Å². The molecule has 5 nitrogen and oxygen atoms in total. The number of hydrogen-bond acceptors (Lipinski definition) is 5. The Morgan fingerprint density at radius 1 is 1.31 bits per heavy atom. The zero-order valence-corrected chi connectivity index (χ0v) is 17.1. The summed E-state index contributed by atoms with van der Waals surface area (Å²) in [5.41, 5.74) is -0.0461.